The summed E-state index contributed by atoms with van der Waals surface area (Å²) in [4.78, 5) is 11.0. The van der Waals surface area contributed by atoms with Gasteiger partial charge in [-0.05, 0) is 45.2 Å². The second-order valence-corrected chi connectivity index (χ2v) is 4.93. The lowest BCUT2D eigenvalue weighted by molar-refractivity contribution is -0.143. The van der Waals surface area contributed by atoms with Crippen molar-refractivity contribution < 1.29 is 18.3 Å². The van der Waals surface area contributed by atoms with E-state index in [4.69, 9.17) is 4.74 Å². The van der Waals surface area contributed by atoms with Gasteiger partial charge in [0.15, 0.2) is 0 Å². The first-order valence-corrected chi connectivity index (χ1v) is 6.77. The van der Waals surface area contributed by atoms with E-state index in [9.17, 15) is 13.6 Å². The van der Waals surface area contributed by atoms with E-state index in [-0.39, 0.29) is 24.7 Å². The highest BCUT2D eigenvalue weighted by molar-refractivity contribution is 5.69. The molecule has 0 saturated heterocycles. The fraction of sp³-hybridized carbons (Fsp3) is 0.923. The van der Waals surface area contributed by atoms with E-state index < -0.39 is 5.92 Å². The van der Waals surface area contributed by atoms with Crippen molar-refractivity contribution in [3.8, 4) is 0 Å². The summed E-state index contributed by atoms with van der Waals surface area (Å²) in [5, 5.41) is 3.15. The summed E-state index contributed by atoms with van der Waals surface area (Å²) in [6.07, 6.45) is 2.61. The molecule has 1 saturated carbocycles. The smallest absolute Gasteiger partial charge is 0.305 e. The minimum atomic E-state index is -2.48. The Morgan fingerprint density at radius 1 is 1.50 bits per heavy atom. The summed E-state index contributed by atoms with van der Waals surface area (Å²) in [6.45, 7) is 3.49. The first kappa shape index (κ1) is 15.3. The van der Waals surface area contributed by atoms with Gasteiger partial charge in [0.2, 0.25) is 5.92 Å². The van der Waals surface area contributed by atoms with Crippen molar-refractivity contribution in [2.45, 2.75) is 51.4 Å². The van der Waals surface area contributed by atoms with Crippen LogP contribution >= 0.6 is 0 Å². The fourth-order valence-corrected chi connectivity index (χ4v) is 2.35. The Hall–Kier alpha value is -0.710. The van der Waals surface area contributed by atoms with Gasteiger partial charge in [0.05, 0.1) is 6.61 Å². The average molecular weight is 263 g/mol. The number of ether oxygens (including phenoxy) is 1. The van der Waals surface area contributed by atoms with E-state index in [0.717, 1.165) is 6.42 Å². The molecule has 0 aromatic carbocycles. The fourth-order valence-electron chi connectivity index (χ4n) is 2.35. The van der Waals surface area contributed by atoms with Gasteiger partial charge in [-0.2, -0.15) is 0 Å². The van der Waals surface area contributed by atoms with Gasteiger partial charge in [-0.15, -0.1) is 0 Å². The third-order valence-corrected chi connectivity index (χ3v) is 3.22. The van der Waals surface area contributed by atoms with Gasteiger partial charge in [0.1, 0.15) is 0 Å². The summed E-state index contributed by atoms with van der Waals surface area (Å²) in [7, 11) is 0. The Morgan fingerprint density at radius 2 is 2.28 bits per heavy atom. The molecular formula is C13H23F2NO2. The molecule has 0 aromatic heterocycles. The van der Waals surface area contributed by atoms with Crippen LogP contribution in [-0.2, 0) is 9.53 Å². The van der Waals surface area contributed by atoms with Crippen LogP contribution in [0.4, 0.5) is 8.78 Å². The van der Waals surface area contributed by atoms with Gasteiger partial charge in [0, 0.05) is 19.3 Å². The number of carbonyl (C=O) groups excluding carboxylic acids is 1. The summed E-state index contributed by atoms with van der Waals surface area (Å²) in [5.41, 5.74) is 0. The van der Waals surface area contributed by atoms with Gasteiger partial charge in [0.25, 0.3) is 0 Å². The topological polar surface area (TPSA) is 38.3 Å². The van der Waals surface area contributed by atoms with Crippen molar-refractivity contribution in [2.24, 2.45) is 5.92 Å². The Bertz CT molecular complexity index is 259. The highest BCUT2D eigenvalue weighted by atomic mass is 19.3. The number of halogens is 2. The van der Waals surface area contributed by atoms with E-state index in [1.54, 1.807) is 6.92 Å². The number of nitrogens with one attached hydrogen (secondary N) is 1. The molecule has 0 radical (unpaired) electrons. The minimum Gasteiger partial charge on any atom is -0.466 e. The van der Waals surface area contributed by atoms with Crippen molar-refractivity contribution >= 4 is 5.97 Å². The van der Waals surface area contributed by atoms with E-state index in [0.29, 0.717) is 39.0 Å². The van der Waals surface area contributed by atoms with Gasteiger partial charge in [-0.25, -0.2) is 8.78 Å². The van der Waals surface area contributed by atoms with E-state index in [1.807, 2.05) is 0 Å². The molecule has 1 unspecified atom stereocenters. The summed E-state index contributed by atoms with van der Waals surface area (Å²) in [5.74, 6) is -2.60. The zero-order valence-corrected chi connectivity index (χ0v) is 11.0. The van der Waals surface area contributed by atoms with Crippen molar-refractivity contribution in [2.75, 3.05) is 19.7 Å². The van der Waals surface area contributed by atoms with Crippen LogP contribution in [0.25, 0.3) is 0 Å². The molecule has 18 heavy (non-hydrogen) atoms. The Labute approximate surface area is 107 Å². The molecule has 0 aliphatic heterocycles. The molecule has 0 amide bonds. The van der Waals surface area contributed by atoms with Crippen molar-refractivity contribution in [3.05, 3.63) is 0 Å². The molecule has 0 heterocycles. The van der Waals surface area contributed by atoms with E-state index in [2.05, 4.69) is 5.32 Å². The van der Waals surface area contributed by atoms with E-state index in [1.165, 1.54) is 0 Å². The molecule has 0 aromatic rings. The van der Waals surface area contributed by atoms with Crippen LogP contribution in [0.2, 0.25) is 0 Å². The van der Waals surface area contributed by atoms with Gasteiger partial charge < -0.3 is 10.1 Å². The zero-order valence-electron chi connectivity index (χ0n) is 11.0. The monoisotopic (exact) mass is 263 g/mol. The standard InChI is InChI=1S/C13H23F2NO2/c1-2-18-12(17)6-4-8-16-10-11-5-3-7-13(14,15)9-11/h11,16H,2-10H2,1H3. The van der Waals surface area contributed by atoms with Gasteiger partial charge in [-0.3, -0.25) is 4.79 Å². The Balaban J connectivity index is 2.02. The minimum absolute atomic E-state index is 0.00211. The zero-order chi connectivity index (χ0) is 13.4. The number of hydrogen-bond donors (Lipinski definition) is 1. The maximum atomic E-state index is 13.1. The molecule has 0 bridgehead atoms. The Kier molecular flexibility index (Phi) is 6.54. The third-order valence-electron chi connectivity index (χ3n) is 3.22. The van der Waals surface area contributed by atoms with Gasteiger partial charge >= 0.3 is 5.97 Å². The predicted molar refractivity (Wildman–Crippen MR) is 65.6 cm³/mol. The second-order valence-electron chi connectivity index (χ2n) is 4.93. The maximum absolute atomic E-state index is 13.1. The largest absolute Gasteiger partial charge is 0.466 e. The first-order chi connectivity index (χ1) is 8.53. The summed E-state index contributed by atoms with van der Waals surface area (Å²) in [6, 6.07) is 0. The lowest BCUT2D eigenvalue weighted by atomic mass is 9.86. The Morgan fingerprint density at radius 3 is 2.94 bits per heavy atom. The molecule has 3 nitrogen and oxygen atoms in total. The van der Waals surface area contributed by atoms with Crippen molar-refractivity contribution in [1.29, 1.82) is 0 Å². The molecule has 1 atom stereocenters. The third kappa shape index (κ3) is 6.28. The van der Waals surface area contributed by atoms with Crippen LogP contribution in [0.3, 0.4) is 0 Å². The molecule has 5 heteroatoms. The summed E-state index contributed by atoms with van der Waals surface area (Å²) < 4.78 is 31.1. The van der Waals surface area contributed by atoms with E-state index >= 15 is 0 Å². The maximum Gasteiger partial charge on any atom is 0.305 e. The molecule has 1 aliphatic rings. The summed E-state index contributed by atoms with van der Waals surface area (Å²) >= 11 is 0. The number of carbonyl (C=O) groups is 1. The highest BCUT2D eigenvalue weighted by Gasteiger charge is 2.35. The lowest BCUT2D eigenvalue weighted by Crippen LogP contribution is -2.33. The number of alkyl halides is 2. The molecule has 1 fully saturated rings. The molecule has 1 aliphatic carbocycles. The number of rotatable bonds is 7. The molecule has 1 N–H and O–H groups in total. The van der Waals surface area contributed by atoms with Gasteiger partial charge in [-0.1, -0.05) is 0 Å². The molecule has 106 valence electrons. The van der Waals surface area contributed by atoms with Crippen LogP contribution in [0.15, 0.2) is 0 Å². The molecule has 1 rings (SSSR count). The molecule has 0 spiro atoms. The normalized spacial score (nSPS) is 22.7. The lowest BCUT2D eigenvalue weighted by Gasteiger charge is -2.28. The SMILES string of the molecule is CCOC(=O)CCCNCC1CCCC(F)(F)C1. The molecular weight excluding hydrogens is 240 g/mol. The number of hydrogen-bond acceptors (Lipinski definition) is 3. The van der Waals surface area contributed by atoms with Crippen molar-refractivity contribution in [3.63, 3.8) is 0 Å². The van der Waals surface area contributed by atoms with Crippen molar-refractivity contribution in [1.82, 2.24) is 5.32 Å². The van der Waals surface area contributed by atoms with Crippen LogP contribution in [0.1, 0.15) is 45.4 Å². The van der Waals surface area contributed by atoms with Crippen LogP contribution in [0, 0.1) is 5.92 Å². The second kappa shape index (κ2) is 7.67. The first-order valence-electron chi connectivity index (χ1n) is 6.77. The van der Waals surface area contributed by atoms with Crippen LogP contribution in [-0.4, -0.2) is 31.6 Å². The number of esters is 1. The van der Waals surface area contributed by atoms with Crippen LogP contribution < -0.4 is 5.32 Å². The average Bonchev–Trinajstić information content (AvgIpc) is 2.27. The quantitative estimate of drug-likeness (QED) is 0.567. The van der Waals surface area contributed by atoms with Crippen LogP contribution in [0.5, 0.6) is 0 Å². The predicted octanol–water partition coefficient (Wildman–Crippen LogP) is 2.74. The highest BCUT2D eigenvalue weighted by Crippen LogP contribution is 2.36.